The number of rotatable bonds is 21. The van der Waals surface area contributed by atoms with E-state index in [2.05, 4.69) is 27.8 Å². The van der Waals surface area contributed by atoms with Crippen molar-refractivity contribution in [3.63, 3.8) is 0 Å². The van der Waals surface area contributed by atoms with Crippen LogP contribution in [0, 0.1) is 18.4 Å². The smallest absolute Gasteiger partial charge is 0.434 e. The van der Waals surface area contributed by atoms with Gasteiger partial charge in [0.2, 0.25) is 0 Å². The number of terminal acetylenes is 1. The molecule has 43 heavy (non-hydrogen) atoms. The van der Waals surface area contributed by atoms with Crippen LogP contribution in [-0.4, -0.2) is 55.7 Å². The summed E-state index contributed by atoms with van der Waals surface area (Å²) in [6.45, 7) is 1.90. The van der Waals surface area contributed by atoms with Crippen molar-refractivity contribution in [3.05, 3.63) is 12.4 Å². The van der Waals surface area contributed by atoms with Crippen molar-refractivity contribution in [2.75, 3.05) is 18.9 Å². The van der Waals surface area contributed by atoms with Crippen molar-refractivity contribution < 1.29 is 28.5 Å². The number of hydrogen-bond acceptors (Lipinski definition) is 9. The molecule has 0 aromatic carbocycles. The van der Waals surface area contributed by atoms with Crippen molar-refractivity contribution in [1.29, 1.82) is 0 Å². The van der Waals surface area contributed by atoms with Gasteiger partial charge in [-0.25, -0.2) is 9.78 Å². The average molecular weight is 604 g/mol. The van der Waals surface area contributed by atoms with Gasteiger partial charge in [0.1, 0.15) is 6.23 Å². The minimum atomic E-state index is -1.61. The van der Waals surface area contributed by atoms with E-state index in [9.17, 15) is 14.3 Å². The number of nitrogens with zero attached hydrogens (tertiary/aromatic N) is 4. The molecule has 0 unspecified atom stereocenters. The predicted molar refractivity (Wildman–Crippen MR) is 163 cm³/mol. The van der Waals surface area contributed by atoms with Gasteiger partial charge in [-0.05, 0) is 6.42 Å². The quantitative estimate of drug-likeness (QED) is 0.0669. The zero-order chi connectivity index (χ0) is 30.9. The molecule has 3 heterocycles. The highest BCUT2D eigenvalue weighted by atomic mass is 19.1. The molecule has 10 nitrogen and oxygen atoms in total. The summed E-state index contributed by atoms with van der Waals surface area (Å²) >= 11 is 0. The fraction of sp³-hybridized carbons (Fsp3) is 0.750. The van der Waals surface area contributed by atoms with Gasteiger partial charge in [0, 0.05) is 6.42 Å². The van der Waals surface area contributed by atoms with Gasteiger partial charge in [-0.2, -0.15) is 14.4 Å². The van der Waals surface area contributed by atoms with E-state index in [1.54, 1.807) is 0 Å². The Hall–Kier alpha value is -2.97. The van der Waals surface area contributed by atoms with Crippen molar-refractivity contribution in [2.24, 2.45) is 0 Å². The summed E-state index contributed by atoms with van der Waals surface area (Å²) in [6.07, 6.45) is 25.0. The van der Waals surface area contributed by atoms with Crippen LogP contribution in [-0.2, 0) is 14.2 Å². The number of fused-ring (bicyclic) bond motifs is 1. The lowest BCUT2D eigenvalue weighted by molar-refractivity contribution is -0.0976. The predicted octanol–water partition coefficient (Wildman–Crippen LogP) is 7.00. The maximum atomic E-state index is 13.8. The van der Waals surface area contributed by atoms with Crippen molar-refractivity contribution in [1.82, 2.24) is 19.5 Å². The summed E-state index contributed by atoms with van der Waals surface area (Å²) in [6, 6.07) is 0. The van der Waals surface area contributed by atoms with Crippen LogP contribution in [0.2, 0.25) is 0 Å². The second kappa shape index (κ2) is 18.6. The lowest BCUT2D eigenvalue weighted by atomic mass is 9.99. The van der Waals surface area contributed by atoms with Gasteiger partial charge in [-0.15, -0.1) is 6.42 Å². The molecule has 3 N–H and O–H groups in total. The molecule has 11 heteroatoms. The Morgan fingerprint density at radius 3 is 2.14 bits per heavy atom. The first-order valence-electron chi connectivity index (χ1n) is 16.2. The third-order valence-corrected chi connectivity index (χ3v) is 8.20. The van der Waals surface area contributed by atoms with Crippen LogP contribution in [0.4, 0.5) is 15.0 Å². The van der Waals surface area contributed by atoms with E-state index in [1.165, 1.54) is 101 Å². The zero-order valence-electron chi connectivity index (χ0n) is 25.8. The lowest BCUT2D eigenvalue weighted by Crippen LogP contribution is -2.44. The van der Waals surface area contributed by atoms with Crippen LogP contribution in [0.15, 0.2) is 6.33 Å². The minimum absolute atomic E-state index is 0.0654. The first-order chi connectivity index (χ1) is 20.9. The van der Waals surface area contributed by atoms with E-state index in [0.29, 0.717) is 0 Å². The molecule has 1 saturated heterocycles. The SMILES string of the molecule is C#C[C@]1(CO)O[C@@H](n2cnc3c(N)nc(F)nc32)C[C@@H]1OC(=O)OCCCCCCCCCCCCCCCCCCC. The molecule has 1 aliphatic heterocycles. The Morgan fingerprint density at radius 2 is 1.60 bits per heavy atom. The second-order valence-corrected chi connectivity index (χ2v) is 11.6. The number of carbonyl (C=O) groups excluding carboxylic acids is 1. The molecule has 3 atom stereocenters. The van der Waals surface area contributed by atoms with Crippen LogP contribution >= 0.6 is 0 Å². The van der Waals surface area contributed by atoms with Crippen molar-refractivity contribution >= 4 is 23.1 Å². The third kappa shape index (κ3) is 10.6. The van der Waals surface area contributed by atoms with Crippen LogP contribution in [0.1, 0.15) is 129 Å². The lowest BCUT2D eigenvalue weighted by Gasteiger charge is -2.26. The number of aliphatic hydroxyl groups is 1. The Labute approximate surface area is 255 Å². The molecular formula is C32H50FN5O5. The topological polar surface area (TPSA) is 135 Å². The van der Waals surface area contributed by atoms with E-state index >= 15 is 0 Å². The summed E-state index contributed by atoms with van der Waals surface area (Å²) in [5.74, 6) is 2.28. The fourth-order valence-corrected chi connectivity index (χ4v) is 5.62. The number of aromatic nitrogens is 4. The number of carbonyl (C=O) groups is 1. The highest BCUT2D eigenvalue weighted by Crippen LogP contribution is 2.39. The molecule has 240 valence electrons. The van der Waals surface area contributed by atoms with Crippen molar-refractivity contribution in [2.45, 2.75) is 140 Å². The van der Waals surface area contributed by atoms with Crippen LogP contribution in [0.5, 0.6) is 0 Å². The monoisotopic (exact) mass is 603 g/mol. The van der Waals surface area contributed by atoms with E-state index < -0.39 is 36.8 Å². The number of hydrogen-bond donors (Lipinski definition) is 2. The summed E-state index contributed by atoms with van der Waals surface area (Å²) in [5, 5.41) is 10.0. The normalized spacial score (nSPS) is 20.0. The van der Waals surface area contributed by atoms with E-state index in [-0.39, 0.29) is 30.0 Å². The van der Waals surface area contributed by atoms with Gasteiger partial charge >= 0.3 is 12.2 Å². The highest BCUT2D eigenvalue weighted by molar-refractivity contribution is 5.81. The highest BCUT2D eigenvalue weighted by Gasteiger charge is 2.51. The number of ether oxygens (including phenoxy) is 3. The second-order valence-electron chi connectivity index (χ2n) is 11.6. The number of imidazole rings is 1. The molecule has 1 aliphatic rings. The molecule has 0 bridgehead atoms. The molecule has 0 aliphatic carbocycles. The number of aliphatic hydroxyl groups excluding tert-OH is 1. The summed E-state index contributed by atoms with van der Waals surface area (Å²) in [7, 11) is 0. The van der Waals surface area contributed by atoms with Gasteiger partial charge in [-0.1, -0.05) is 116 Å². The van der Waals surface area contributed by atoms with E-state index in [0.717, 1.165) is 19.3 Å². The zero-order valence-corrected chi connectivity index (χ0v) is 25.8. The van der Waals surface area contributed by atoms with Crippen LogP contribution < -0.4 is 5.73 Å². The fourth-order valence-electron chi connectivity index (χ4n) is 5.62. The number of nitrogens with two attached hydrogens (primary N) is 1. The molecule has 2 aromatic heterocycles. The van der Waals surface area contributed by atoms with Gasteiger partial charge < -0.3 is 25.1 Å². The molecular weight excluding hydrogens is 553 g/mol. The molecule has 3 rings (SSSR count). The number of unbranched alkanes of at least 4 members (excludes halogenated alkanes) is 16. The Bertz CT molecular complexity index is 1160. The summed E-state index contributed by atoms with van der Waals surface area (Å²) < 4.78 is 31.9. The van der Waals surface area contributed by atoms with Gasteiger partial charge in [0.15, 0.2) is 28.7 Å². The molecule has 2 aromatic rings. The Balaban J connectivity index is 1.26. The standard InChI is InChI=1S/C32H50FN5O5/c1-3-5-6-7-8-9-10-11-12-13-14-15-16-17-18-19-20-21-41-31(40)42-25-22-26(43-32(25,4-2)23-39)38-24-35-27-28(34)36-30(33)37-29(27)38/h2,24-26,39H,3,5-23H2,1H3,(H2,34,36,37)/t25-,26+,32+/m0/s1. The first-order valence-corrected chi connectivity index (χ1v) is 16.2. The van der Waals surface area contributed by atoms with Crippen molar-refractivity contribution in [3.8, 4) is 12.3 Å². The van der Waals surface area contributed by atoms with Gasteiger partial charge in [-0.3, -0.25) is 4.57 Å². The third-order valence-electron chi connectivity index (χ3n) is 8.20. The molecule has 0 radical (unpaired) electrons. The average Bonchev–Trinajstić information content (AvgIpc) is 3.58. The maximum absolute atomic E-state index is 13.8. The van der Waals surface area contributed by atoms with E-state index in [1.807, 2.05) is 0 Å². The molecule has 1 fully saturated rings. The van der Waals surface area contributed by atoms with Gasteiger partial charge in [0.25, 0.3) is 0 Å². The number of halogens is 1. The van der Waals surface area contributed by atoms with Crippen LogP contribution in [0.25, 0.3) is 11.2 Å². The Kier molecular flexibility index (Phi) is 15.0. The van der Waals surface area contributed by atoms with Crippen LogP contribution in [0.3, 0.4) is 0 Å². The maximum Gasteiger partial charge on any atom is 0.508 e. The van der Waals surface area contributed by atoms with Gasteiger partial charge in [0.05, 0.1) is 19.5 Å². The summed E-state index contributed by atoms with van der Waals surface area (Å²) in [5.41, 5.74) is 4.43. The minimum Gasteiger partial charge on any atom is -0.434 e. The molecule has 0 saturated carbocycles. The number of anilines is 1. The molecule has 0 spiro atoms. The summed E-state index contributed by atoms with van der Waals surface area (Å²) in [4.78, 5) is 23.8. The first kappa shape index (κ1) is 34.5. The number of nitrogen functional groups attached to an aromatic ring is 1. The largest absolute Gasteiger partial charge is 0.508 e. The molecule has 0 amide bonds. The Morgan fingerprint density at radius 1 is 1.05 bits per heavy atom. The van der Waals surface area contributed by atoms with E-state index in [4.69, 9.17) is 26.4 Å².